The highest BCUT2D eigenvalue weighted by Gasteiger charge is 2.14. The quantitative estimate of drug-likeness (QED) is 0.810. The molecule has 1 aliphatic heterocycles. The molecule has 0 radical (unpaired) electrons. The molecule has 24 heavy (non-hydrogen) atoms. The number of amides is 3. The number of hydrogen-bond donors (Lipinski definition) is 2. The third kappa shape index (κ3) is 4.39. The van der Waals surface area contributed by atoms with Crippen molar-refractivity contribution in [3.05, 3.63) is 29.3 Å². The van der Waals surface area contributed by atoms with Crippen LogP contribution in [0.5, 0.6) is 11.5 Å². The molecule has 0 bridgehead atoms. The zero-order chi connectivity index (χ0) is 16.9. The number of imide groups is 1. The number of aryl methyl sites for hydroxylation is 1. The number of rotatable bonds is 4. The highest BCUT2D eigenvalue weighted by Crippen LogP contribution is 2.32. The topological polar surface area (TPSA) is 89.6 Å². The number of hydrogen-bond acceptors (Lipinski definition) is 7. The third-order valence-corrected chi connectivity index (χ3v) is 5.12. The molecule has 3 rings (SSSR count). The van der Waals surface area contributed by atoms with Crippen molar-refractivity contribution in [2.45, 2.75) is 11.3 Å². The number of nitrogens with one attached hydrogen (secondary N) is 2. The minimum absolute atomic E-state index is 0.127. The van der Waals surface area contributed by atoms with Crippen molar-refractivity contribution in [1.29, 1.82) is 0 Å². The van der Waals surface area contributed by atoms with Crippen LogP contribution in [0.4, 0.5) is 10.5 Å². The fourth-order valence-electron chi connectivity index (χ4n) is 1.97. The van der Waals surface area contributed by atoms with E-state index in [-0.39, 0.29) is 11.7 Å². The average Bonchev–Trinajstić information content (AvgIpc) is 2.98. The number of aromatic nitrogens is 1. The number of thioether (sulfide) groups is 1. The van der Waals surface area contributed by atoms with Crippen molar-refractivity contribution < 1.29 is 19.1 Å². The lowest BCUT2D eigenvalue weighted by atomic mass is 10.2. The molecule has 0 atom stereocenters. The first-order chi connectivity index (χ1) is 11.6. The summed E-state index contributed by atoms with van der Waals surface area (Å²) in [4.78, 5) is 27.9. The van der Waals surface area contributed by atoms with E-state index in [9.17, 15) is 9.59 Å². The van der Waals surface area contributed by atoms with Crippen molar-refractivity contribution in [1.82, 2.24) is 10.3 Å². The van der Waals surface area contributed by atoms with Crippen LogP contribution in [0.3, 0.4) is 0 Å². The Labute approximate surface area is 146 Å². The van der Waals surface area contributed by atoms with Crippen molar-refractivity contribution >= 4 is 40.7 Å². The summed E-state index contributed by atoms with van der Waals surface area (Å²) in [6.07, 6.45) is 0. The van der Waals surface area contributed by atoms with E-state index in [0.29, 0.717) is 30.4 Å². The SMILES string of the molecule is Cc1csc(SCC(=O)NC(=O)Nc2ccc3c(c2)OCCO3)n1. The van der Waals surface area contributed by atoms with Gasteiger partial charge in [0.05, 0.1) is 5.75 Å². The minimum Gasteiger partial charge on any atom is -0.486 e. The average molecular weight is 365 g/mol. The van der Waals surface area contributed by atoms with E-state index in [4.69, 9.17) is 9.47 Å². The number of anilines is 1. The Bertz CT molecular complexity index is 763. The molecule has 2 heterocycles. The van der Waals surface area contributed by atoms with E-state index in [0.717, 1.165) is 10.0 Å². The van der Waals surface area contributed by atoms with Crippen LogP contribution in [0.1, 0.15) is 5.69 Å². The largest absolute Gasteiger partial charge is 0.486 e. The summed E-state index contributed by atoms with van der Waals surface area (Å²) in [6, 6.07) is 4.47. The van der Waals surface area contributed by atoms with Crippen molar-refractivity contribution in [2.24, 2.45) is 0 Å². The second-order valence-corrected chi connectivity index (χ2v) is 6.98. The number of urea groups is 1. The molecule has 1 aromatic carbocycles. The number of carbonyl (C=O) groups excluding carboxylic acids is 2. The molecule has 1 aliphatic rings. The van der Waals surface area contributed by atoms with Gasteiger partial charge < -0.3 is 14.8 Å². The van der Waals surface area contributed by atoms with Gasteiger partial charge in [-0.25, -0.2) is 9.78 Å². The molecule has 0 aliphatic carbocycles. The number of fused-ring (bicyclic) bond motifs is 1. The Morgan fingerprint density at radius 2 is 2.08 bits per heavy atom. The highest BCUT2D eigenvalue weighted by molar-refractivity contribution is 8.01. The molecule has 3 amide bonds. The zero-order valence-corrected chi connectivity index (χ0v) is 14.5. The Kier molecular flexibility index (Phi) is 5.21. The third-order valence-electron chi connectivity index (χ3n) is 2.98. The van der Waals surface area contributed by atoms with E-state index in [1.807, 2.05) is 12.3 Å². The van der Waals surface area contributed by atoms with E-state index in [1.54, 1.807) is 18.2 Å². The maximum Gasteiger partial charge on any atom is 0.325 e. The molecule has 0 fully saturated rings. The summed E-state index contributed by atoms with van der Waals surface area (Å²) in [5.74, 6) is 0.947. The van der Waals surface area contributed by atoms with Gasteiger partial charge in [-0.05, 0) is 19.1 Å². The smallest absolute Gasteiger partial charge is 0.325 e. The highest BCUT2D eigenvalue weighted by atomic mass is 32.2. The van der Waals surface area contributed by atoms with Crippen LogP contribution in [-0.4, -0.2) is 35.9 Å². The van der Waals surface area contributed by atoms with Gasteiger partial charge >= 0.3 is 6.03 Å². The molecule has 126 valence electrons. The van der Waals surface area contributed by atoms with Crippen LogP contribution < -0.4 is 20.1 Å². The van der Waals surface area contributed by atoms with Gasteiger partial charge in [0, 0.05) is 22.8 Å². The summed E-state index contributed by atoms with van der Waals surface area (Å²) in [5, 5.41) is 6.79. The minimum atomic E-state index is -0.590. The number of ether oxygens (including phenoxy) is 2. The van der Waals surface area contributed by atoms with Gasteiger partial charge in [0.2, 0.25) is 5.91 Å². The maximum atomic E-state index is 11.9. The standard InChI is InChI=1S/C15H15N3O4S2/c1-9-7-23-15(16-9)24-8-13(19)18-14(20)17-10-2-3-11-12(6-10)22-5-4-21-11/h2-3,6-7H,4-5,8H2,1H3,(H2,17,18,19,20). The van der Waals surface area contributed by atoms with Crippen molar-refractivity contribution in [2.75, 3.05) is 24.3 Å². The van der Waals surface area contributed by atoms with Gasteiger partial charge in [0.1, 0.15) is 13.2 Å². The van der Waals surface area contributed by atoms with Gasteiger partial charge in [-0.1, -0.05) is 11.8 Å². The van der Waals surface area contributed by atoms with Gasteiger partial charge in [0.15, 0.2) is 15.8 Å². The van der Waals surface area contributed by atoms with Crippen LogP contribution in [0.15, 0.2) is 27.9 Å². The van der Waals surface area contributed by atoms with Crippen LogP contribution in [-0.2, 0) is 4.79 Å². The summed E-state index contributed by atoms with van der Waals surface area (Å²) in [6.45, 7) is 2.86. The molecule has 9 heteroatoms. The molecule has 2 N–H and O–H groups in total. The van der Waals surface area contributed by atoms with Gasteiger partial charge in [-0.15, -0.1) is 11.3 Å². The van der Waals surface area contributed by atoms with Crippen molar-refractivity contribution in [3.8, 4) is 11.5 Å². The molecule has 0 saturated heterocycles. The Morgan fingerprint density at radius 3 is 2.83 bits per heavy atom. The molecule has 0 unspecified atom stereocenters. The first-order valence-electron chi connectivity index (χ1n) is 7.15. The second kappa shape index (κ2) is 7.54. The summed E-state index contributed by atoms with van der Waals surface area (Å²) in [7, 11) is 0. The van der Waals surface area contributed by atoms with Crippen LogP contribution in [0.25, 0.3) is 0 Å². The number of thiazole rings is 1. The van der Waals surface area contributed by atoms with E-state index >= 15 is 0 Å². The summed E-state index contributed by atoms with van der Waals surface area (Å²) in [5.41, 5.74) is 1.44. The fourth-order valence-corrected chi connectivity index (χ4v) is 3.62. The molecular formula is C15H15N3O4S2. The van der Waals surface area contributed by atoms with Gasteiger partial charge in [-0.3, -0.25) is 10.1 Å². The number of nitrogens with zero attached hydrogens (tertiary/aromatic N) is 1. The Hall–Kier alpha value is -2.26. The Morgan fingerprint density at radius 1 is 1.29 bits per heavy atom. The fraction of sp³-hybridized carbons (Fsp3) is 0.267. The van der Waals surface area contributed by atoms with Crippen molar-refractivity contribution in [3.63, 3.8) is 0 Å². The molecule has 7 nitrogen and oxygen atoms in total. The predicted molar refractivity (Wildman–Crippen MR) is 92.2 cm³/mol. The first-order valence-corrected chi connectivity index (χ1v) is 9.02. The molecule has 0 spiro atoms. The number of carbonyl (C=O) groups is 2. The van der Waals surface area contributed by atoms with Crippen LogP contribution in [0, 0.1) is 6.92 Å². The zero-order valence-electron chi connectivity index (χ0n) is 12.8. The van der Waals surface area contributed by atoms with Gasteiger partial charge in [0.25, 0.3) is 0 Å². The Balaban J connectivity index is 1.49. The molecular weight excluding hydrogens is 350 g/mol. The normalized spacial score (nSPS) is 12.5. The molecule has 1 aromatic heterocycles. The number of benzene rings is 1. The lowest BCUT2D eigenvalue weighted by Gasteiger charge is -2.19. The molecule has 0 saturated carbocycles. The lowest BCUT2D eigenvalue weighted by molar-refractivity contribution is -0.117. The van der Waals surface area contributed by atoms with E-state index < -0.39 is 6.03 Å². The van der Waals surface area contributed by atoms with E-state index in [2.05, 4.69) is 15.6 Å². The maximum absolute atomic E-state index is 11.9. The first kappa shape index (κ1) is 16.6. The second-order valence-electron chi connectivity index (χ2n) is 4.90. The van der Waals surface area contributed by atoms with Gasteiger partial charge in [-0.2, -0.15) is 0 Å². The molecule has 2 aromatic rings. The van der Waals surface area contributed by atoms with E-state index in [1.165, 1.54) is 23.1 Å². The summed E-state index contributed by atoms with van der Waals surface area (Å²) >= 11 is 2.77. The predicted octanol–water partition coefficient (Wildman–Crippen LogP) is 2.66. The monoisotopic (exact) mass is 365 g/mol. The summed E-state index contributed by atoms with van der Waals surface area (Å²) < 4.78 is 11.7. The van der Waals surface area contributed by atoms with Crippen LogP contribution >= 0.6 is 23.1 Å². The van der Waals surface area contributed by atoms with Crippen LogP contribution in [0.2, 0.25) is 0 Å². The lowest BCUT2D eigenvalue weighted by Crippen LogP contribution is -2.35.